The zero-order valence-electron chi connectivity index (χ0n) is 7.59. The van der Waals surface area contributed by atoms with Gasteiger partial charge in [-0.25, -0.2) is 4.79 Å². The van der Waals surface area contributed by atoms with Gasteiger partial charge in [-0.05, 0) is 0 Å². The molecule has 0 aliphatic heterocycles. The van der Waals surface area contributed by atoms with Crippen molar-refractivity contribution in [1.29, 1.82) is 0 Å². The van der Waals surface area contributed by atoms with Gasteiger partial charge >= 0.3 is 17.1 Å². The summed E-state index contributed by atoms with van der Waals surface area (Å²) in [5, 5.41) is 21.2. The third kappa shape index (κ3) is 1.39. The lowest BCUT2D eigenvalue weighted by molar-refractivity contribution is -0.422. The minimum atomic E-state index is -0.872. The fraction of sp³-hybridized carbons (Fsp3) is 0. The number of imidazole rings is 1. The van der Waals surface area contributed by atoms with E-state index >= 15 is 0 Å². The molecule has 16 heavy (non-hydrogen) atoms. The Balaban J connectivity index is 2.85. The van der Waals surface area contributed by atoms with Crippen molar-refractivity contribution in [2.24, 2.45) is 0 Å². The average molecular weight is 224 g/mol. The van der Waals surface area contributed by atoms with Crippen LogP contribution in [0.4, 0.5) is 11.4 Å². The average Bonchev–Trinajstić information content (AvgIpc) is 2.54. The van der Waals surface area contributed by atoms with Crippen molar-refractivity contribution in [3.05, 3.63) is 42.8 Å². The number of hydrogen-bond donors (Lipinski definition) is 2. The van der Waals surface area contributed by atoms with Gasteiger partial charge in [0.25, 0.3) is 0 Å². The SMILES string of the molecule is O=c1[nH]c2cc([N+](=O)[O-])c([N+](=O)[O-])cc2[nH]1. The van der Waals surface area contributed by atoms with Crippen molar-refractivity contribution < 1.29 is 9.85 Å². The van der Waals surface area contributed by atoms with Crippen LogP contribution in [0.2, 0.25) is 0 Å². The number of nitro groups is 2. The second-order valence-corrected chi connectivity index (χ2v) is 2.98. The monoisotopic (exact) mass is 224 g/mol. The summed E-state index contributed by atoms with van der Waals surface area (Å²) < 4.78 is 0. The molecule has 0 aliphatic carbocycles. The quantitative estimate of drug-likeness (QED) is 0.570. The Morgan fingerprint density at radius 2 is 1.31 bits per heavy atom. The molecule has 2 aromatic rings. The van der Waals surface area contributed by atoms with E-state index < -0.39 is 26.9 Å². The number of rotatable bonds is 2. The molecule has 2 rings (SSSR count). The van der Waals surface area contributed by atoms with E-state index in [1.807, 2.05) is 0 Å². The van der Waals surface area contributed by atoms with Crippen molar-refractivity contribution >= 4 is 22.4 Å². The highest BCUT2D eigenvalue weighted by Gasteiger charge is 2.25. The van der Waals surface area contributed by atoms with Gasteiger partial charge < -0.3 is 9.97 Å². The number of nitrogens with zero attached hydrogens (tertiary/aromatic N) is 2. The van der Waals surface area contributed by atoms with E-state index in [0.29, 0.717) is 0 Å². The third-order valence-corrected chi connectivity index (χ3v) is 2.00. The van der Waals surface area contributed by atoms with Crippen molar-refractivity contribution in [1.82, 2.24) is 9.97 Å². The van der Waals surface area contributed by atoms with Crippen LogP contribution in [-0.4, -0.2) is 19.8 Å². The lowest BCUT2D eigenvalue weighted by atomic mass is 10.2. The molecule has 1 aromatic heterocycles. The largest absolute Gasteiger partial charge is 0.348 e. The molecule has 0 spiro atoms. The second-order valence-electron chi connectivity index (χ2n) is 2.98. The van der Waals surface area contributed by atoms with E-state index in [4.69, 9.17) is 0 Å². The van der Waals surface area contributed by atoms with Crippen molar-refractivity contribution in [3.8, 4) is 0 Å². The van der Waals surface area contributed by atoms with Crippen LogP contribution in [0.25, 0.3) is 11.0 Å². The van der Waals surface area contributed by atoms with Crippen LogP contribution >= 0.6 is 0 Å². The molecule has 0 atom stereocenters. The van der Waals surface area contributed by atoms with Gasteiger partial charge in [0.15, 0.2) is 0 Å². The number of aromatic amines is 2. The molecule has 0 saturated carbocycles. The second kappa shape index (κ2) is 3.15. The van der Waals surface area contributed by atoms with Gasteiger partial charge in [-0.1, -0.05) is 0 Å². The van der Waals surface area contributed by atoms with Crippen LogP contribution in [0.5, 0.6) is 0 Å². The summed E-state index contributed by atoms with van der Waals surface area (Å²) in [6.45, 7) is 0. The Kier molecular flexibility index (Phi) is 1.94. The predicted octanol–water partition coefficient (Wildman–Crippen LogP) is 0.673. The Labute approximate surface area is 86.0 Å². The van der Waals surface area contributed by atoms with Crippen molar-refractivity contribution in [2.75, 3.05) is 0 Å². The molecule has 0 fully saturated rings. The van der Waals surface area contributed by atoms with E-state index in [2.05, 4.69) is 9.97 Å². The summed E-state index contributed by atoms with van der Waals surface area (Å²) in [5.74, 6) is 0. The molecule has 9 heteroatoms. The minimum Gasteiger partial charge on any atom is -0.305 e. The highest BCUT2D eigenvalue weighted by molar-refractivity contribution is 5.82. The molecular formula is C7H4N4O5. The molecule has 0 bridgehead atoms. The first-order valence-corrected chi connectivity index (χ1v) is 4.04. The standard InChI is InChI=1S/C7H4N4O5/c12-7-8-3-1-5(10(13)14)6(11(15)16)2-4(3)9-7/h1-2H,(H2,8,9,12). The first-order chi connectivity index (χ1) is 7.49. The molecule has 1 heterocycles. The number of aromatic nitrogens is 2. The maximum atomic E-state index is 10.9. The summed E-state index contributed by atoms with van der Waals surface area (Å²) in [6.07, 6.45) is 0. The summed E-state index contributed by atoms with van der Waals surface area (Å²) >= 11 is 0. The molecule has 0 aliphatic rings. The number of nitrogens with one attached hydrogen (secondary N) is 2. The number of H-pyrrole nitrogens is 2. The fourth-order valence-corrected chi connectivity index (χ4v) is 1.35. The minimum absolute atomic E-state index is 0.155. The molecule has 2 N–H and O–H groups in total. The van der Waals surface area contributed by atoms with Crippen LogP contribution in [0.3, 0.4) is 0 Å². The first-order valence-electron chi connectivity index (χ1n) is 4.04. The van der Waals surface area contributed by atoms with E-state index in [-0.39, 0.29) is 11.0 Å². The van der Waals surface area contributed by atoms with E-state index in [1.165, 1.54) is 0 Å². The number of benzene rings is 1. The first kappa shape index (κ1) is 9.83. The Hall–Kier alpha value is -2.71. The topological polar surface area (TPSA) is 135 Å². The van der Waals surface area contributed by atoms with E-state index in [9.17, 15) is 25.0 Å². The molecule has 0 amide bonds. The molecule has 0 radical (unpaired) electrons. The highest BCUT2D eigenvalue weighted by atomic mass is 16.6. The smallest absolute Gasteiger partial charge is 0.305 e. The highest BCUT2D eigenvalue weighted by Crippen LogP contribution is 2.29. The zero-order chi connectivity index (χ0) is 11.9. The van der Waals surface area contributed by atoms with Gasteiger partial charge in [0, 0.05) is 12.1 Å². The number of hydrogen-bond acceptors (Lipinski definition) is 5. The van der Waals surface area contributed by atoms with E-state index in [0.717, 1.165) is 12.1 Å². The molecule has 0 unspecified atom stereocenters. The van der Waals surface area contributed by atoms with Gasteiger partial charge in [-0.2, -0.15) is 0 Å². The predicted molar refractivity (Wildman–Crippen MR) is 52.2 cm³/mol. The van der Waals surface area contributed by atoms with Gasteiger partial charge in [0.05, 0.1) is 20.9 Å². The lowest BCUT2D eigenvalue weighted by Crippen LogP contribution is -1.99. The molecular weight excluding hydrogens is 220 g/mol. The number of fused-ring (bicyclic) bond motifs is 1. The van der Waals surface area contributed by atoms with Crippen LogP contribution in [0, 0.1) is 20.2 Å². The van der Waals surface area contributed by atoms with Gasteiger partial charge in [0.1, 0.15) is 0 Å². The number of nitro benzene ring substituents is 2. The van der Waals surface area contributed by atoms with Crippen LogP contribution in [0.15, 0.2) is 16.9 Å². The van der Waals surface area contributed by atoms with Gasteiger partial charge in [0.2, 0.25) is 0 Å². The molecule has 9 nitrogen and oxygen atoms in total. The van der Waals surface area contributed by atoms with Crippen LogP contribution in [-0.2, 0) is 0 Å². The maximum Gasteiger partial charge on any atom is 0.348 e. The zero-order valence-corrected chi connectivity index (χ0v) is 7.59. The Bertz CT molecular complexity index is 600. The molecule has 1 aromatic carbocycles. The maximum absolute atomic E-state index is 10.9. The lowest BCUT2D eigenvalue weighted by Gasteiger charge is -1.94. The molecule has 82 valence electrons. The summed E-state index contributed by atoms with van der Waals surface area (Å²) in [7, 11) is 0. The fourth-order valence-electron chi connectivity index (χ4n) is 1.35. The van der Waals surface area contributed by atoms with Crippen molar-refractivity contribution in [3.63, 3.8) is 0 Å². The van der Waals surface area contributed by atoms with Crippen LogP contribution < -0.4 is 5.69 Å². The normalized spacial score (nSPS) is 10.5. The van der Waals surface area contributed by atoms with Gasteiger partial charge in [-0.15, -0.1) is 0 Å². The van der Waals surface area contributed by atoms with Gasteiger partial charge in [-0.3, -0.25) is 20.2 Å². The summed E-state index contributed by atoms with van der Waals surface area (Å²) in [4.78, 5) is 34.9. The summed E-state index contributed by atoms with van der Waals surface area (Å²) in [6, 6.07) is 1.90. The third-order valence-electron chi connectivity index (χ3n) is 2.00. The van der Waals surface area contributed by atoms with Crippen LogP contribution in [0.1, 0.15) is 0 Å². The Morgan fingerprint density at radius 3 is 1.62 bits per heavy atom. The van der Waals surface area contributed by atoms with E-state index in [1.54, 1.807) is 0 Å². The Morgan fingerprint density at radius 1 is 0.938 bits per heavy atom. The van der Waals surface area contributed by atoms with Crippen molar-refractivity contribution in [2.45, 2.75) is 0 Å². The summed E-state index contributed by atoms with van der Waals surface area (Å²) in [5.41, 5.74) is -1.59. The molecule has 0 saturated heterocycles.